The molecule has 21 heavy (non-hydrogen) atoms. The molecule has 1 amide bonds. The van der Waals surface area contributed by atoms with Crippen LogP contribution in [0.4, 0.5) is 5.13 Å². The van der Waals surface area contributed by atoms with E-state index in [9.17, 15) is 4.79 Å². The van der Waals surface area contributed by atoms with Gasteiger partial charge in [-0.1, -0.05) is 19.1 Å². The lowest BCUT2D eigenvalue weighted by Gasteiger charge is -2.15. The summed E-state index contributed by atoms with van der Waals surface area (Å²) in [4.78, 5) is 18.2. The Hall–Kier alpha value is -1.88. The third kappa shape index (κ3) is 2.93. The first-order chi connectivity index (χ1) is 10.2. The standard InChI is InChI=1S/C16H18N2O2S/c1-10-7-8-12-14(9-10)21-16(17-12)18-15(19)11-5-3-4-6-13(11)20-2/h3-6,10H,7-9H2,1-2H3,(H,17,18,19)/t10-/m1/s1. The van der Waals surface area contributed by atoms with Crippen molar-refractivity contribution in [3.63, 3.8) is 0 Å². The molecule has 2 aromatic rings. The van der Waals surface area contributed by atoms with E-state index in [1.54, 1.807) is 30.6 Å². The van der Waals surface area contributed by atoms with Gasteiger partial charge < -0.3 is 4.74 Å². The number of rotatable bonds is 3. The van der Waals surface area contributed by atoms with Crippen molar-refractivity contribution in [1.29, 1.82) is 0 Å². The predicted molar refractivity (Wildman–Crippen MR) is 84.3 cm³/mol. The molecule has 0 spiro atoms. The summed E-state index contributed by atoms with van der Waals surface area (Å²) in [6.45, 7) is 2.26. The highest BCUT2D eigenvalue weighted by Crippen LogP contribution is 2.32. The quantitative estimate of drug-likeness (QED) is 0.943. The lowest BCUT2D eigenvalue weighted by Crippen LogP contribution is -2.13. The number of hydrogen-bond donors (Lipinski definition) is 1. The minimum atomic E-state index is -0.174. The Kier molecular flexibility index (Phi) is 3.92. The zero-order chi connectivity index (χ0) is 14.8. The number of amides is 1. The summed E-state index contributed by atoms with van der Waals surface area (Å²) in [5.74, 6) is 1.10. The zero-order valence-corrected chi connectivity index (χ0v) is 13.0. The van der Waals surface area contributed by atoms with Gasteiger partial charge in [0.25, 0.3) is 5.91 Å². The van der Waals surface area contributed by atoms with Crippen molar-refractivity contribution in [2.24, 2.45) is 5.92 Å². The van der Waals surface area contributed by atoms with Gasteiger partial charge in [0.05, 0.1) is 18.4 Å². The third-order valence-electron chi connectivity index (χ3n) is 3.76. The fraction of sp³-hybridized carbons (Fsp3) is 0.375. The fourth-order valence-electron chi connectivity index (χ4n) is 2.59. The number of nitrogens with one attached hydrogen (secondary N) is 1. The summed E-state index contributed by atoms with van der Waals surface area (Å²) >= 11 is 1.59. The van der Waals surface area contributed by atoms with Crippen LogP contribution in [0.5, 0.6) is 5.75 Å². The average Bonchev–Trinajstić information content (AvgIpc) is 2.88. The van der Waals surface area contributed by atoms with E-state index in [1.165, 1.54) is 11.3 Å². The lowest BCUT2D eigenvalue weighted by atomic mass is 9.93. The van der Waals surface area contributed by atoms with E-state index in [2.05, 4.69) is 17.2 Å². The summed E-state index contributed by atoms with van der Waals surface area (Å²) in [6.07, 6.45) is 3.26. The Bertz CT molecular complexity index is 666. The first kappa shape index (κ1) is 14.1. The maximum absolute atomic E-state index is 12.3. The van der Waals surface area contributed by atoms with Gasteiger partial charge in [0, 0.05) is 4.88 Å². The summed E-state index contributed by atoms with van der Waals surface area (Å²) in [5.41, 5.74) is 1.68. The second-order valence-corrected chi connectivity index (χ2v) is 6.47. The Labute approximate surface area is 128 Å². The highest BCUT2D eigenvalue weighted by Gasteiger charge is 2.21. The highest BCUT2D eigenvalue weighted by molar-refractivity contribution is 7.15. The monoisotopic (exact) mass is 302 g/mol. The molecule has 0 saturated carbocycles. The van der Waals surface area contributed by atoms with Gasteiger partial charge in [0.2, 0.25) is 0 Å². The van der Waals surface area contributed by atoms with Crippen LogP contribution in [0.1, 0.15) is 34.3 Å². The molecule has 4 nitrogen and oxygen atoms in total. The summed E-state index contributed by atoms with van der Waals surface area (Å²) in [7, 11) is 1.57. The Morgan fingerprint density at radius 2 is 2.24 bits per heavy atom. The number of benzene rings is 1. The van der Waals surface area contributed by atoms with Crippen molar-refractivity contribution in [2.75, 3.05) is 12.4 Å². The summed E-state index contributed by atoms with van der Waals surface area (Å²) in [6, 6.07) is 7.21. The van der Waals surface area contributed by atoms with Crippen LogP contribution in [0.2, 0.25) is 0 Å². The topological polar surface area (TPSA) is 51.2 Å². The van der Waals surface area contributed by atoms with Crippen molar-refractivity contribution in [3.8, 4) is 5.75 Å². The van der Waals surface area contributed by atoms with E-state index in [1.807, 2.05) is 12.1 Å². The molecule has 0 unspecified atom stereocenters. The van der Waals surface area contributed by atoms with E-state index in [-0.39, 0.29) is 5.91 Å². The Balaban J connectivity index is 1.79. The van der Waals surface area contributed by atoms with Crippen LogP contribution in [0.15, 0.2) is 24.3 Å². The van der Waals surface area contributed by atoms with E-state index in [4.69, 9.17) is 4.74 Å². The Morgan fingerprint density at radius 1 is 1.43 bits per heavy atom. The van der Waals surface area contributed by atoms with Gasteiger partial charge >= 0.3 is 0 Å². The molecule has 1 aliphatic carbocycles. The van der Waals surface area contributed by atoms with E-state index in [0.29, 0.717) is 22.4 Å². The summed E-state index contributed by atoms with van der Waals surface area (Å²) in [5, 5.41) is 3.58. The highest BCUT2D eigenvalue weighted by atomic mass is 32.1. The Morgan fingerprint density at radius 3 is 3.05 bits per heavy atom. The number of anilines is 1. The maximum atomic E-state index is 12.3. The maximum Gasteiger partial charge on any atom is 0.261 e. The third-order valence-corrected chi connectivity index (χ3v) is 4.79. The van der Waals surface area contributed by atoms with Crippen molar-refractivity contribution in [1.82, 2.24) is 4.98 Å². The number of thiazole rings is 1. The minimum absolute atomic E-state index is 0.174. The number of carbonyl (C=O) groups is 1. The van der Waals surface area contributed by atoms with Crippen molar-refractivity contribution in [3.05, 3.63) is 40.4 Å². The van der Waals surface area contributed by atoms with E-state index in [0.717, 1.165) is 18.5 Å². The van der Waals surface area contributed by atoms with Gasteiger partial charge in [-0.25, -0.2) is 4.98 Å². The number of aromatic nitrogens is 1. The van der Waals surface area contributed by atoms with Gasteiger partial charge in [0.15, 0.2) is 5.13 Å². The predicted octanol–water partition coefficient (Wildman–Crippen LogP) is 3.53. The molecule has 1 heterocycles. The number of para-hydroxylation sites is 1. The zero-order valence-electron chi connectivity index (χ0n) is 12.2. The number of ether oxygens (including phenoxy) is 1. The normalized spacial score (nSPS) is 17.1. The average molecular weight is 302 g/mol. The fourth-order valence-corrected chi connectivity index (χ4v) is 3.76. The number of hydrogen-bond acceptors (Lipinski definition) is 4. The molecule has 1 N–H and O–H groups in total. The molecule has 0 radical (unpaired) electrons. The smallest absolute Gasteiger partial charge is 0.261 e. The first-order valence-corrected chi connectivity index (χ1v) is 7.92. The van der Waals surface area contributed by atoms with Crippen LogP contribution < -0.4 is 10.1 Å². The van der Waals surface area contributed by atoms with Gasteiger partial charge in [-0.3, -0.25) is 10.1 Å². The van der Waals surface area contributed by atoms with E-state index >= 15 is 0 Å². The molecule has 110 valence electrons. The molecule has 5 heteroatoms. The second-order valence-electron chi connectivity index (χ2n) is 5.39. The van der Waals surface area contributed by atoms with Gasteiger partial charge in [-0.15, -0.1) is 11.3 Å². The van der Waals surface area contributed by atoms with Crippen LogP contribution in [-0.2, 0) is 12.8 Å². The van der Waals surface area contributed by atoms with Crippen molar-refractivity contribution < 1.29 is 9.53 Å². The van der Waals surface area contributed by atoms with Crippen molar-refractivity contribution >= 4 is 22.4 Å². The first-order valence-electron chi connectivity index (χ1n) is 7.10. The molecule has 0 aliphatic heterocycles. The molecular weight excluding hydrogens is 284 g/mol. The number of fused-ring (bicyclic) bond motifs is 1. The molecule has 1 aromatic carbocycles. The van der Waals surface area contributed by atoms with Crippen LogP contribution in [0.3, 0.4) is 0 Å². The molecular formula is C16H18N2O2S. The van der Waals surface area contributed by atoms with Crippen LogP contribution in [0, 0.1) is 5.92 Å². The summed E-state index contributed by atoms with van der Waals surface area (Å²) < 4.78 is 5.22. The number of methoxy groups -OCH3 is 1. The molecule has 0 bridgehead atoms. The van der Waals surface area contributed by atoms with Gasteiger partial charge in [0.1, 0.15) is 5.75 Å². The molecule has 3 rings (SSSR count). The van der Waals surface area contributed by atoms with E-state index < -0.39 is 0 Å². The second kappa shape index (κ2) is 5.85. The van der Waals surface area contributed by atoms with Crippen LogP contribution in [-0.4, -0.2) is 18.0 Å². The molecule has 1 atom stereocenters. The largest absolute Gasteiger partial charge is 0.496 e. The molecule has 1 aliphatic rings. The minimum Gasteiger partial charge on any atom is -0.496 e. The SMILES string of the molecule is COc1ccccc1C(=O)Nc1nc2c(s1)C[C@H](C)CC2. The number of carbonyl (C=O) groups excluding carboxylic acids is 1. The molecule has 0 saturated heterocycles. The number of aryl methyl sites for hydroxylation is 1. The van der Waals surface area contributed by atoms with Crippen LogP contribution >= 0.6 is 11.3 Å². The van der Waals surface area contributed by atoms with Gasteiger partial charge in [-0.2, -0.15) is 0 Å². The lowest BCUT2D eigenvalue weighted by molar-refractivity contribution is 0.102. The molecule has 1 aromatic heterocycles. The number of nitrogens with zero attached hydrogens (tertiary/aromatic N) is 1. The van der Waals surface area contributed by atoms with Crippen molar-refractivity contribution in [2.45, 2.75) is 26.2 Å². The van der Waals surface area contributed by atoms with Crippen LogP contribution in [0.25, 0.3) is 0 Å². The van der Waals surface area contributed by atoms with Gasteiger partial charge in [-0.05, 0) is 37.3 Å². The molecule has 0 fully saturated rings.